The summed E-state index contributed by atoms with van der Waals surface area (Å²) in [6, 6.07) is 19.1. The molecule has 2 aromatic rings. The fourth-order valence-electron chi connectivity index (χ4n) is 1.66. The third-order valence-electron chi connectivity index (χ3n) is 2.52. The smallest absolute Gasteiger partial charge is 0.117 e. The Bertz CT molecular complexity index is 580. The third kappa shape index (κ3) is 2.55. The molecule has 0 amide bonds. The molecule has 0 aliphatic rings. The molecule has 0 aromatic heterocycles. The second kappa shape index (κ2) is 5.65. The van der Waals surface area contributed by atoms with Crippen LogP contribution in [-0.2, 0) is 4.84 Å². The van der Waals surface area contributed by atoms with Gasteiger partial charge in [-0.25, -0.2) is 0 Å². The fourth-order valence-corrected chi connectivity index (χ4v) is 1.66. The maximum absolute atomic E-state index is 8.78. The lowest BCUT2D eigenvalue weighted by Crippen LogP contribution is -2.03. The SMILES string of the molecule is CON=C(c1ccccc1)c1ccc(C#N)cc1. The molecule has 0 aliphatic heterocycles. The van der Waals surface area contributed by atoms with Crippen LogP contribution in [0, 0.1) is 11.3 Å². The van der Waals surface area contributed by atoms with Crippen molar-refractivity contribution < 1.29 is 4.84 Å². The van der Waals surface area contributed by atoms with Crippen LogP contribution < -0.4 is 0 Å². The Morgan fingerprint density at radius 2 is 1.61 bits per heavy atom. The molecule has 0 heterocycles. The molecule has 0 unspecified atom stereocenters. The highest BCUT2D eigenvalue weighted by molar-refractivity contribution is 6.12. The van der Waals surface area contributed by atoms with E-state index in [0.717, 1.165) is 16.8 Å². The average molecular weight is 236 g/mol. The van der Waals surface area contributed by atoms with Crippen LogP contribution >= 0.6 is 0 Å². The number of hydrogen-bond acceptors (Lipinski definition) is 3. The molecule has 0 N–H and O–H groups in total. The van der Waals surface area contributed by atoms with E-state index in [4.69, 9.17) is 10.1 Å². The summed E-state index contributed by atoms with van der Waals surface area (Å²) in [7, 11) is 1.52. The third-order valence-corrected chi connectivity index (χ3v) is 2.52. The van der Waals surface area contributed by atoms with Gasteiger partial charge in [-0.1, -0.05) is 47.6 Å². The highest BCUT2D eigenvalue weighted by atomic mass is 16.6. The summed E-state index contributed by atoms with van der Waals surface area (Å²) >= 11 is 0. The standard InChI is InChI=1S/C15H12N2O/c1-18-17-15(13-5-3-2-4-6-13)14-9-7-12(11-16)8-10-14/h2-10H,1H3. The Labute approximate surface area is 106 Å². The summed E-state index contributed by atoms with van der Waals surface area (Å²) in [4.78, 5) is 4.89. The van der Waals surface area contributed by atoms with Crippen LogP contribution in [0.25, 0.3) is 0 Å². The molecule has 2 aromatic carbocycles. The second-order valence-corrected chi connectivity index (χ2v) is 3.68. The van der Waals surface area contributed by atoms with Gasteiger partial charge in [0.2, 0.25) is 0 Å². The molecule has 0 saturated heterocycles. The number of nitrogens with zero attached hydrogens (tertiary/aromatic N) is 2. The highest BCUT2D eigenvalue weighted by Gasteiger charge is 2.07. The minimum atomic E-state index is 0.628. The minimum Gasteiger partial charge on any atom is -0.399 e. The van der Waals surface area contributed by atoms with Gasteiger partial charge in [0.25, 0.3) is 0 Å². The monoisotopic (exact) mass is 236 g/mol. The van der Waals surface area contributed by atoms with Crippen molar-refractivity contribution in [1.29, 1.82) is 5.26 Å². The van der Waals surface area contributed by atoms with Gasteiger partial charge in [0.05, 0.1) is 11.6 Å². The molecular weight excluding hydrogens is 224 g/mol. The molecule has 2 rings (SSSR count). The van der Waals surface area contributed by atoms with Gasteiger partial charge in [0.15, 0.2) is 0 Å². The summed E-state index contributed by atoms with van der Waals surface area (Å²) in [6.45, 7) is 0. The zero-order valence-electron chi connectivity index (χ0n) is 10.00. The van der Waals surface area contributed by atoms with Gasteiger partial charge in [-0.3, -0.25) is 0 Å². The van der Waals surface area contributed by atoms with E-state index in [1.54, 1.807) is 12.1 Å². The zero-order chi connectivity index (χ0) is 12.8. The summed E-state index contributed by atoms with van der Waals surface area (Å²) in [6.07, 6.45) is 0. The predicted octanol–water partition coefficient (Wildman–Crippen LogP) is 2.96. The van der Waals surface area contributed by atoms with Crippen molar-refractivity contribution >= 4 is 5.71 Å². The van der Waals surface area contributed by atoms with Gasteiger partial charge >= 0.3 is 0 Å². The maximum atomic E-state index is 8.78. The molecule has 0 spiro atoms. The topological polar surface area (TPSA) is 45.4 Å². The molecule has 0 bridgehead atoms. The Hall–Kier alpha value is -2.60. The molecule has 0 saturated carbocycles. The van der Waals surface area contributed by atoms with E-state index in [2.05, 4.69) is 11.2 Å². The van der Waals surface area contributed by atoms with Crippen LogP contribution in [0.15, 0.2) is 59.8 Å². The number of oxime groups is 1. The van der Waals surface area contributed by atoms with Gasteiger partial charge in [0.1, 0.15) is 12.8 Å². The van der Waals surface area contributed by atoms with Crippen molar-refractivity contribution in [3.8, 4) is 6.07 Å². The summed E-state index contributed by atoms with van der Waals surface area (Å²) in [5.41, 5.74) is 3.28. The summed E-state index contributed by atoms with van der Waals surface area (Å²) < 4.78 is 0. The highest BCUT2D eigenvalue weighted by Crippen LogP contribution is 2.12. The molecule has 3 nitrogen and oxygen atoms in total. The first kappa shape index (κ1) is 11.9. The Morgan fingerprint density at radius 3 is 2.17 bits per heavy atom. The van der Waals surface area contributed by atoms with Crippen molar-refractivity contribution in [2.75, 3.05) is 7.11 Å². The first-order valence-electron chi connectivity index (χ1n) is 5.52. The zero-order valence-corrected chi connectivity index (χ0v) is 10.00. The number of nitriles is 1. The summed E-state index contributed by atoms with van der Waals surface area (Å²) in [5.74, 6) is 0. The quantitative estimate of drug-likeness (QED) is 0.607. The van der Waals surface area contributed by atoms with Crippen molar-refractivity contribution in [2.45, 2.75) is 0 Å². The lowest BCUT2D eigenvalue weighted by atomic mass is 10.0. The predicted molar refractivity (Wildman–Crippen MR) is 70.2 cm³/mol. The van der Waals surface area contributed by atoms with Crippen LogP contribution in [-0.4, -0.2) is 12.8 Å². The van der Waals surface area contributed by atoms with Crippen LogP contribution in [0.2, 0.25) is 0 Å². The van der Waals surface area contributed by atoms with Gasteiger partial charge in [-0.2, -0.15) is 5.26 Å². The van der Waals surface area contributed by atoms with Gasteiger partial charge in [-0.15, -0.1) is 0 Å². The lowest BCUT2D eigenvalue weighted by Gasteiger charge is -2.06. The fraction of sp³-hybridized carbons (Fsp3) is 0.0667. The van der Waals surface area contributed by atoms with E-state index < -0.39 is 0 Å². The first-order chi connectivity index (χ1) is 8.85. The Morgan fingerprint density at radius 1 is 1.00 bits per heavy atom. The largest absolute Gasteiger partial charge is 0.399 e. The number of hydrogen-bond donors (Lipinski definition) is 0. The van der Waals surface area contributed by atoms with Gasteiger partial charge in [-0.05, 0) is 12.1 Å². The van der Waals surface area contributed by atoms with Crippen molar-refractivity contribution in [2.24, 2.45) is 5.16 Å². The Kier molecular flexibility index (Phi) is 3.72. The molecule has 3 heteroatoms. The van der Waals surface area contributed by atoms with Crippen molar-refractivity contribution in [3.63, 3.8) is 0 Å². The van der Waals surface area contributed by atoms with E-state index in [-0.39, 0.29) is 0 Å². The lowest BCUT2D eigenvalue weighted by molar-refractivity contribution is 0.214. The molecule has 0 radical (unpaired) electrons. The molecule has 0 fully saturated rings. The van der Waals surface area contributed by atoms with E-state index in [9.17, 15) is 0 Å². The minimum absolute atomic E-state index is 0.628. The number of benzene rings is 2. The average Bonchev–Trinajstić information content (AvgIpc) is 2.46. The summed E-state index contributed by atoms with van der Waals surface area (Å²) in [5, 5.41) is 12.8. The van der Waals surface area contributed by atoms with Gasteiger partial charge in [0, 0.05) is 11.1 Å². The second-order valence-electron chi connectivity index (χ2n) is 3.68. The van der Waals surface area contributed by atoms with E-state index in [1.807, 2.05) is 42.5 Å². The number of rotatable bonds is 3. The molecule has 0 aliphatic carbocycles. The van der Waals surface area contributed by atoms with Crippen molar-refractivity contribution in [3.05, 3.63) is 71.3 Å². The van der Waals surface area contributed by atoms with E-state index >= 15 is 0 Å². The Balaban J connectivity index is 2.43. The molecule has 0 atom stereocenters. The molecular formula is C15H12N2O. The molecule has 88 valence electrons. The molecule has 18 heavy (non-hydrogen) atoms. The van der Waals surface area contributed by atoms with E-state index in [0.29, 0.717) is 5.56 Å². The maximum Gasteiger partial charge on any atom is 0.117 e. The van der Waals surface area contributed by atoms with Crippen LogP contribution in [0.1, 0.15) is 16.7 Å². The van der Waals surface area contributed by atoms with Crippen LogP contribution in [0.4, 0.5) is 0 Å². The normalized spacial score (nSPS) is 10.8. The van der Waals surface area contributed by atoms with E-state index in [1.165, 1.54) is 7.11 Å². The van der Waals surface area contributed by atoms with Gasteiger partial charge < -0.3 is 4.84 Å². The first-order valence-corrected chi connectivity index (χ1v) is 5.52. The van der Waals surface area contributed by atoms with Crippen LogP contribution in [0.5, 0.6) is 0 Å². The van der Waals surface area contributed by atoms with Crippen LogP contribution in [0.3, 0.4) is 0 Å². The van der Waals surface area contributed by atoms with Crippen molar-refractivity contribution in [1.82, 2.24) is 0 Å².